The summed E-state index contributed by atoms with van der Waals surface area (Å²) in [6.07, 6.45) is 8.85. The number of piperidine rings is 1. The zero-order valence-electron chi connectivity index (χ0n) is 18.4. The van der Waals surface area contributed by atoms with E-state index in [4.69, 9.17) is 9.97 Å². The number of rotatable bonds is 4. The number of carbonyl (C=O) groups excluding carboxylic acids is 1. The molecule has 5 rings (SSSR count). The van der Waals surface area contributed by atoms with Crippen molar-refractivity contribution in [1.82, 2.24) is 24.6 Å². The Morgan fingerprint density at radius 2 is 1.93 bits per heavy atom. The van der Waals surface area contributed by atoms with E-state index < -0.39 is 0 Å². The van der Waals surface area contributed by atoms with Gasteiger partial charge in [0.05, 0.1) is 11.3 Å². The fourth-order valence-electron chi connectivity index (χ4n) is 5.03. The average molecular weight is 409 g/mol. The lowest BCUT2D eigenvalue weighted by Crippen LogP contribution is -2.40. The third-order valence-electron chi connectivity index (χ3n) is 6.86. The summed E-state index contributed by atoms with van der Waals surface area (Å²) in [5.74, 6) is 3.22. The maximum absolute atomic E-state index is 13.1. The van der Waals surface area contributed by atoms with E-state index in [1.807, 2.05) is 25.1 Å². The van der Waals surface area contributed by atoms with Gasteiger partial charge in [-0.3, -0.25) is 9.48 Å². The van der Waals surface area contributed by atoms with Gasteiger partial charge < -0.3 is 9.80 Å². The van der Waals surface area contributed by atoms with Crippen LogP contribution >= 0.6 is 0 Å². The summed E-state index contributed by atoms with van der Waals surface area (Å²) in [6.45, 7) is 7.76. The average Bonchev–Trinajstić information content (AvgIpc) is 3.49. The standard InChI is InChI=1S/C23H32N6O/c1-15-19-7-5-10-28(12-17-8-9-17)22(19)25-21(24-15)18-6-4-11-29(13-18)23(30)20-14-27(3)26-16(20)2/h14,17-18H,4-13H2,1-3H3/t18-/m1/s1. The zero-order valence-corrected chi connectivity index (χ0v) is 18.4. The van der Waals surface area contributed by atoms with E-state index in [0.29, 0.717) is 12.1 Å². The molecule has 2 aromatic heterocycles. The Kier molecular flexibility index (Phi) is 4.99. The van der Waals surface area contributed by atoms with Crippen LogP contribution in [0.5, 0.6) is 0 Å². The number of hydrogen-bond acceptors (Lipinski definition) is 5. The number of carbonyl (C=O) groups is 1. The molecule has 7 heteroatoms. The molecule has 0 bridgehead atoms. The zero-order chi connectivity index (χ0) is 20.8. The Hall–Kier alpha value is -2.44. The van der Waals surface area contributed by atoms with Crippen molar-refractivity contribution < 1.29 is 4.79 Å². The molecule has 0 spiro atoms. The maximum atomic E-state index is 13.1. The summed E-state index contributed by atoms with van der Waals surface area (Å²) < 4.78 is 1.72. The van der Waals surface area contributed by atoms with E-state index in [1.54, 1.807) is 4.68 Å². The third-order valence-corrected chi connectivity index (χ3v) is 6.86. The number of nitrogens with zero attached hydrogens (tertiary/aromatic N) is 6. The van der Waals surface area contributed by atoms with Gasteiger partial charge in [-0.2, -0.15) is 5.10 Å². The van der Waals surface area contributed by atoms with Crippen LogP contribution in [-0.2, 0) is 13.5 Å². The summed E-state index contributed by atoms with van der Waals surface area (Å²) in [4.78, 5) is 27.6. The molecular weight excluding hydrogens is 376 g/mol. The second kappa shape index (κ2) is 7.67. The van der Waals surface area contributed by atoms with Gasteiger partial charge in [0.1, 0.15) is 11.6 Å². The molecule has 2 fully saturated rings. The number of aromatic nitrogens is 4. The van der Waals surface area contributed by atoms with Crippen molar-refractivity contribution in [3.05, 3.63) is 34.5 Å². The monoisotopic (exact) mass is 408 g/mol. The van der Waals surface area contributed by atoms with Crippen molar-refractivity contribution in [1.29, 1.82) is 0 Å². The number of likely N-dealkylation sites (tertiary alicyclic amines) is 1. The molecule has 1 aliphatic carbocycles. The van der Waals surface area contributed by atoms with E-state index in [-0.39, 0.29) is 11.8 Å². The summed E-state index contributed by atoms with van der Waals surface area (Å²) in [5.41, 5.74) is 3.96. The van der Waals surface area contributed by atoms with E-state index in [2.05, 4.69) is 16.9 Å². The van der Waals surface area contributed by atoms with Crippen LogP contribution in [0.2, 0.25) is 0 Å². The van der Waals surface area contributed by atoms with Crippen LogP contribution in [-0.4, -0.2) is 56.7 Å². The highest BCUT2D eigenvalue weighted by Crippen LogP contribution is 2.36. The first-order valence-corrected chi connectivity index (χ1v) is 11.4. The van der Waals surface area contributed by atoms with E-state index in [9.17, 15) is 4.79 Å². The predicted octanol–water partition coefficient (Wildman–Crippen LogP) is 3.01. The second-order valence-electron chi connectivity index (χ2n) is 9.35. The van der Waals surface area contributed by atoms with E-state index in [0.717, 1.165) is 62.0 Å². The van der Waals surface area contributed by atoms with Crippen molar-refractivity contribution in [2.24, 2.45) is 13.0 Å². The van der Waals surface area contributed by atoms with Crippen LogP contribution in [0, 0.1) is 19.8 Å². The van der Waals surface area contributed by atoms with Gasteiger partial charge in [0, 0.05) is 56.6 Å². The molecule has 1 atom stereocenters. The summed E-state index contributed by atoms with van der Waals surface area (Å²) in [7, 11) is 1.86. The van der Waals surface area contributed by atoms with Gasteiger partial charge in [0.25, 0.3) is 5.91 Å². The number of aryl methyl sites for hydroxylation is 3. The van der Waals surface area contributed by atoms with Crippen LogP contribution in [0.25, 0.3) is 0 Å². The molecule has 1 saturated heterocycles. The molecule has 0 aromatic carbocycles. The first-order valence-electron chi connectivity index (χ1n) is 11.4. The molecule has 30 heavy (non-hydrogen) atoms. The summed E-state index contributed by atoms with van der Waals surface area (Å²) >= 11 is 0. The minimum atomic E-state index is 0.0790. The van der Waals surface area contributed by atoms with E-state index >= 15 is 0 Å². The molecule has 2 aromatic rings. The highest BCUT2D eigenvalue weighted by atomic mass is 16.2. The topological polar surface area (TPSA) is 67.2 Å². The quantitative estimate of drug-likeness (QED) is 0.778. The van der Waals surface area contributed by atoms with Crippen molar-refractivity contribution in [3.63, 3.8) is 0 Å². The molecule has 0 N–H and O–H groups in total. The summed E-state index contributed by atoms with van der Waals surface area (Å²) in [6, 6.07) is 0. The fourth-order valence-corrected chi connectivity index (χ4v) is 5.03. The molecule has 2 aliphatic heterocycles. The molecule has 4 heterocycles. The first kappa shape index (κ1) is 19.5. The molecule has 1 amide bonds. The molecular formula is C23H32N6O. The molecule has 1 saturated carbocycles. The number of amides is 1. The van der Waals surface area contributed by atoms with Crippen LogP contribution in [0.4, 0.5) is 5.82 Å². The van der Waals surface area contributed by atoms with Gasteiger partial charge in [-0.05, 0) is 58.3 Å². The predicted molar refractivity (Wildman–Crippen MR) is 116 cm³/mol. The van der Waals surface area contributed by atoms with Gasteiger partial charge in [-0.25, -0.2) is 9.97 Å². The van der Waals surface area contributed by atoms with Gasteiger partial charge in [0.15, 0.2) is 0 Å². The lowest BCUT2D eigenvalue weighted by Gasteiger charge is -2.34. The molecule has 3 aliphatic rings. The lowest BCUT2D eigenvalue weighted by atomic mass is 9.95. The minimum absolute atomic E-state index is 0.0790. The molecule has 0 radical (unpaired) electrons. The number of anilines is 1. The number of fused-ring (bicyclic) bond motifs is 1. The van der Waals surface area contributed by atoms with Gasteiger partial charge in [-0.15, -0.1) is 0 Å². The molecule has 7 nitrogen and oxygen atoms in total. The van der Waals surface area contributed by atoms with E-state index in [1.165, 1.54) is 30.6 Å². The third kappa shape index (κ3) is 3.70. The van der Waals surface area contributed by atoms with Crippen molar-refractivity contribution >= 4 is 11.7 Å². The van der Waals surface area contributed by atoms with Crippen molar-refractivity contribution in [3.8, 4) is 0 Å². The Morgan fingerprint density at radius 3 is 2.67 bits per heavy atom. The van der Waals surface area contributed by atoms with Gasteiger partial charge in [-0.1, -0.05) is 0 Å². The maximum Gasteiger partial charge on any atom is 0.257 e. The Balaban J connectivity index is 1.39. The highest BCUT2D eigenvalue weighted by molar-refractivity contribution is 5.95. The normalized spacial score (nSPS) is 21.6. The van der Waals surface area contributed by atoms with Crippen molar-refractivity contribution in [2.75, 3.05) is 31.1 Å². The van der Waals surface area contributed by atoms with Gasteiger partial charge in [0.2, 0.25) is 0 Å². The second-order valence-corrected chi connectivity index (χ2v) is 9.35. The van der Waals surface area contributed by atoms with Gasteiger partial charge >= 0.3 is 0 Å². The van der Waals surface area contributed by atoms with Crippen LogP contribution in [0.15, 0.2) is 6.20 Å². The van der Waals surface area contributed by atoms with Crippen LogP contribution < -0.4 is 4.90 Å². The summed E-state index contributed by atoms with van der Waals surface area (Å²) in [5, 5.41) is 4.34. The minimum Gasteiger partial charge on any atom is -0.356 e. The Labute approximate surface area is 178 Å². The Bertz CT molecular complexity index is 963. The molecule has 160 valence electrons. The molecule has 0 unspecified atom stereocenters. The van der Waals surface area contributed by atoms with Crippen molar-refractivity contribution in [2.45, 2.75) is 58.3 Å². The highest BCUT2D eigenvalue weighted by Gasteiger charge is 2.32. The fraction of sp³-hybridized carbons (Fsp3) is 0.652. The van der Waals surface area contributed by atoms with Crippen LogP contribution in [0.1, 0.15) is 71.2 Å². The first-order chi connectivity index (χ1) is 14.5. The SMILES string of the molecule is Cc1nn(C)cc1C(=O)N1CCC[C@@H](c2nc(C)c3c(n2)N(CC2CC2)CCC3)C1. The Morgan fingerprint density at radius 1 is 1.10 bits per heavy atom. The lowest BCUT2D eigenvalue weighted by molar-refractivity contribution is 0.0703. The van der Waals surface area contributed by atoms with Crippen LogP contribution in [0.3, 0.4) is 0 Å². The number of hydrogen-bond donors (Lipinski definition) is 0. The smallest absolute Gasteiger partial charge is 0.257 e. The largest absolute Gasteiger partial charge is 0.356 e.